The number of H-pyrrole nitrogens is 1. The fourth-order valence-corrected chi connectivity index (χ4v) is 1.93. The summed E-state index contributed by atoms with van der Waals surface area (Å²) in [6.07, 6.45) is 0. The average molecular weight is 234 g/mol. The molecule has 0 aliphatic heterocycles. The van der Waals surface area contributed by atoms with Crippen molar-refractivity contribution in [3.8, 4) is 0 Å². The lowest BCUT2D eigenvalue weighted by Gasteiger charge is -2.03. The first-order valence-corrected chi connectivity index (χ1v) is 4.91. The highest BCUT2D eigenvalue weighted by molar-refractivity contribution is 7.71. The minimum atomic E-state index is -0.517. The number of hydrogen-bond acceptors (Lipinski definition) is 4. The van der Waals surface area contributed by atoms with Crippen LogP contribution in [-0.2, 0) is 0 Å². The zero-order valence-corrected chi connectivity index (χ0v) is 8.73. The summed E-state index contributed by atoms with van der Waals surface area (Å²) in [6, 6.07) is 6.88. The molecule has 0 atom stereocenters. The summed E-state index contributed by atoms with van der Waals surface area (Å²) in [6.45, 7) is 0. The molecule has 0 amide bonds. The number of para-hydroxylation sites is 1. The third kappa shape index (κ3) is 0.974. The molecule has 2 N–H and O–H groups in total. The molecule has 6 nitrogen and oxygen atoms in total. The van der Waals surface area contributed by atoms with Crippen molar-refractivity contribution in [1.82, 2.24) is 19.3 Å². The summed E-state index contributed by atoms with van der Waals surface area (Å²) in [5.41, 5.74) is 0.101. The number of aromatic nitrogens is 4. The van der Waals surface area contributed by atoms with Crippen LogP contribution in [0.1, 0.15) is 0 Å². The van der Waals surface area contributed by atoms with Crippen molar-refractivity contribution in [1.29, 1.82) is 0 Å². The highest BCUT2D eigenvalue weighted by atomic mass is 32.1. The third-order valence-corrected chi connectivity index (χ3v) is 2.69. The molecule has 0 saturated heterocycles. The maximum absolute atomic E-state index is 11.8. The van der Waals surface area contributed by atoms with Gasteiger partial charge in [-0.25, -0.2) is 5.10 Å². The van der Waals surface area contributed by atoms with E-state index in [0.717, 1.165) is 0 Å². The standard InChI is InChI=1S/C9H6N4O2S/c14-7-5-3-1-2-4-6(5)12-8(13(7)15)10-11-9(12)16/h1-4,15H,(H,11,16). The minimum absolute atomic E-state index is 0.0775. The number of aromatic amines is 1. The van der Waals surface area contributed by atoms with Gasteiger partial charge in [0.25, 0.3) is 11.3 Å². The van der Waals surface area contributed by atoms with Gasteiger partial charge in [0, 0.05) is 0 Å². The van der Waals surface area contributed by atoms with E-state index in [1.165, 1.54) is 4.40 Å². The van der Waals surface area contributed by atoms with Gasteiger partial charge in [-0.3, -0.25) is 9.20 Å². The first-order chi connectivity index (χ1) is 7.70. The van der Waals surface area contributed by atoms with Crippen molar-refractivity contribution >= 4 is 28.9 Å². The summed E-state index contributed by atoms with van der Waals surface area (Å²) in [5, 5.41) is 16.3. The van der Waals surface area contributed by atoms with E-state index in [9.17, 15) is 10.0 Å². The predicted octanol–water partition coefficient (Wildman–Crippen LogP) is 0.944. The second kappa shape index (κ2) is 2.92. The number of nitrogens with zero attached hydrogens (tertiary/aromatic N) is 3. The van der Waals surface area contributed by atoms with Gasteiger partial charge in [-0.05, 0) is 24.4 Å². The zero-order valence-electron chi connectivity index (χ0n) is 7.91. The monoisotopic (exact) mass is 234 g/mol. The van der Waals surface area contributed by atoms with Gasteiger partial charge in [0.1, 0.15) is 0 Å². The Kier molecular flexibility index (Phi) is 1.66. The second-order valence-electron chi connectivity index (χ2n) is 3.30. The summed E-state index contributed by atoms with van der Waals surface area (Å²) in [7, 11) is 0. The van der Waals surface area contributed by atoms with Crippen LogP contribution in [0.15, 0.2) is 29.1 Å². The SMILES string of the molecule is O=c1c2ccccc2n2c(=S)[nH]nc2n1O. The van der Waals surface area contributed by atoms with E-state index >= 15 is 0 Å². The van der Waals surface area contributed by atoms with Gasteiger partial charge in [0.2, 0.25) is 4.77 Å². The van der Waals surface area contributed by atoms with Crippen LogP contribution in [0, 0.1) is 4.77 Å². The second-order valence-corrected chi connectivity index (χ2v) is 3.68. The van der Waals surface area contributed by atoms with Crippen LogP contribution >= 0.6 is 12.2 Å². The highest BCUT2D eigenvalue weighted by Gasteiger charge is 2.11. The van der Waals surface area contributed by atoms with E-state index in [1.807, 2.05) is 0 Å². The molecular formula is C9H6N4O2S. The summed E-state index contributed by atoms with van der Waals surface area (Å²) in [4.78, 5) is 11.8. The molecule has 1 aromatic carbocycles. The molecule has 0 aliphatic carbocycles. The van der Waals surface area contributed by atoms with Crippen molar-refractivity contribution in [2.24, 2.45) is 0 Å². The van der Waals surface area contributed by atoms with Gasteiger partial charge in [0.05, 0.1) is 10.9 Å². The quantitative estimate of drug-likeness (QED) is 0.448. The maximum atomic E-state index is 11.8. The van der Waals surface area contributed by atoms with Crippen LogP contribution in [-0.4, -0.2) is 24.5 Å². The van der Waals surface area contributed by atoms with Crippen LogP contribution in [0.4, 0.5) is 0 Å². The summed E-state index contributed by atoms with van der Waals surface area (Å²) >= 11 is 5.04. The molecule has 80 valence electrons. The Balaban J connectivity index is 2.84. The van der Waals surface area contributed by atoms with Crippen LogP contribution in [0.2, 0.25) is 0 Å². The van der Waals surface area contributed by atoms with E-state index in [1.54, 1.807) is 24.3 Å². The van der Waals surface area contributed by atoms with E-state index in [0.29, 0.717) is 20.4 Å². The Hall–Kier alpha value is -2.15. The summed E-state index contributed by atoms with van der Waals surface area (Å²) in [5.74, 6) is 0.0775. The lowest BCUT2D eigenvalue weighted by atomic mass is 10.2. The normalized spacial score (nSPS) is 11.2. The molecule has 2 heterocycles. The van der Waals surface area contributed by atoms with Crippen LogP contribution < -0.4 is 5.56 Å². The molecule has 0 fully saturated rings. The Bertz CT molecular complexity index is 814. The fraction of sp³-hybridized carbons (Fsp3) is 0. The van der Waals surface area contributed by atoms with Crippen LogP contribution in [0.5, 0.6) is 0 Å². The molecule has 16 heavy (non-hydrogen) atoms. The van der Waals surface area contributed by atoms with E-state index in [4.69, 9.17) is 12.2 Å². The van der Waals surface area contributed by atoms with Gasteiger partial charge >= 0.3 is 0 Å². The molecule has 7 heteroatoms. The van der Waals surface area contributed by atoms with Gasteiger partial charge in [0.15, 0.2) is 0 Å². The number of fused-ring (bicyclic) bond motifs is 3. The molecule has 0 unspecified atom stereocenters. The van der Waals surface area contributed by atoms with Crippen LogP contribution in [0.3, 0.4) is 0 Å². The topological polar surface area (TPSA) is 75.3 Å². The molecule has 0 spiro atoms. The molecule has 0 aliphatic rings. The van der Waals surface area contributed by atoms with Crippen molar-refractivity contribution < 1.29 is 5.21 Å². The van der Waals surface area contributed by atoms with Gasteiger partial charge in [-0.1, -0.05) is 12.1 Å². The van der Waals surface area contributed by atoms with E-state index < -0.39 is 5.56 Å². The van der Waals surface area contributed by atoms with Crippen molar-refractivity contribution in [2.45, 2.75) is 0 Å². The largest absolute Gasteiger partial charge is 0.422 e. The van der Waals surface area contributed by atoms with Crippen LogP contribution in [0.25, 0.3) is 16.7 Å². The van der Waals surface area contributed by atoms with E-state index in [-0.39, 0.29) is 5.78 Å². The predicted molar refractivity (Wildman–Crippen MR) is 59.3 cm³/mol. The number of benzene rings is 1. The highest BCUT2D eigenvalue weighted by Crippen LogP contribution is 2.11. The number of hydrogen-bond donors (Lipinski definition) is 2. The molecule has 0 radical (unpaired) electrons. The lowest BCUT2D eigenvalue weighted by molar-refractivity contribution is 0.184. The third-order valence-electron chi connectivity index (χ3n) is 2.41. The number of rotatable bonds is 0. The lowest BCUT2D eigenvalue weighted by Crippen LogP contribution is -2.20. The van der Waals surface area contributed by atoms with Crippen molar-refractivity contribution in [3.63, 3.8) is 0 Å². The average Bonchev–Trinajstić information content (AvgIpc) is 2.69. The van der Waals surface area contributed by atoms with Gasteiger partial charge in [-0.15, -0.1) is 9.83 Å². The van der Waals surface area contributed by atoms with Crippen molar-refractivity contribution in [3.05, 3.63) is 39.4 Å². The van der Waals surface area contributed by atoms with E-state index in [2.05, 4.69) is 10.2 Å². The first kappa shape index (κ1) is 9.10. The minimum Gasteiger partial charge on any atom is -0.422 e. The number of nitrogens with one attached hydrogen (secondary N) is 1. The molecule has 2 aromatic heterocycles. The molecule has 3 rings (SSSR count). The molecule has 0 saturated carbocycles. The zero-order chi connectivity index (χ0) is 11.3. The molecular weight excluding hydrogens is 228 g/mol. The van der Waals surface area contributed by atoms with Gasteiger partial charge < -0.3 is 5.21 Å². The Labute approximate surface area is 93.3 Å². The maximum Gasteiger partial charge on any atom is 0.295 e. The first-order valence-electron chi connectivity index (χ1n) is 4.50. The fourth-order valence-electron chi connectivity index (χ4n) is 1.70. The molecule has 3 aromatic rings. The smallest absolute Gasteiger partial charge is 0.295 e. The Morgan fingerprint density at radius 1 is 1.38 bits per heavy atom. The molecule has 0 bridgehead atoms. The van der Waals surface area contributed by atoms with Gasteiger partial charge in [-0.2, -0.15) is 0 Å². The van der Waals surface area contributed by atoms with Crippen molar-refractivity contribution in [2.75, 3.05) is 0 Å². The Morgan fingerprint density at radius 2 is 2.12 bits per heavy atom. The summed E-state index contributed by atoms with van der Waals surface area (Å²) < 4.78 is 2.31. The Morgan fingerprint density at radius 3 is 2.94 bits per heavy atom.